The number of nitrogens with two attached hydrogens (primary N) is 1. The smallest absolute Gasteiger partial charge is 0.319 e. The van der Waals surface area contributed by atoms with Gasteiger partial charge in [0.25, 0.3) is 5.91 Å². The van der Waals surface area contributed by atoms with E-state index in [9.17, 15) is 9.59 Å². The quantitative estimate of drug-likeness (QED) is 0.326. The summed E-state index contributed by atoms with van der Waals surface area (Å²) in [7, 11) is 0. The minimum absolute atomic E-state index is 0.0762. The average molecular weight is 517 g/mol. The zero-order valence-electron chi connectivity index (χ0n) is 21.7. The van der Waals surface area contributed by atoms with E-state index in [1.165, 1.54) is 32.1 Å². The molecule has 10 nitrogen and oxygen atoms in total. The Morgan fingerprint density at radius 3 is 2.50 bits per heavy atom. The maximum atomic E-state index is 13.1. The van der Waals surface area contributed by atoms with Gasteiger partial charge in [-0.05, 0) is 74.5 Å². The van der Waals surface area contributed by atoms with E-state index in [1.54, 1.807) is 12.3 Å². The van der Waals surface area contributed by atoms with Crippen molar-refractivity contribution in [3.8, 4) is 11.3 Å². The zero-order chi connectivity index (χ0) is 26.3. The number of anilines is 2. The first kappa shape index (κ1) is 25.7. The van der Waals surface area contributed by atoms with Gasteiger partial charge in [-0.15, -0.1) is 0 Å². The molecule has 1 aliphatic carbocycles. The van der Waals surface area contributed by atoms with Crippen molar-refractivity contribution in [2.75, 3.05) is 37.2 Å². The van der Waals surface area contributed by atoms with Crippen LogP contribution in [0.2, 0.25) is 0 Å². The molecular weight excluding hydrogens is 480 g/mol. The Morgan fingerprint density at radius 2 is 1.79 bits per heavy atom. The van der Waals surface area contributed by atoms with Gasteiger partial charge in [0.2, 0.25) is 0 Å². The summed E-state index contributed by atoms with van der Waals surface area (Å²) < 4.78 is 1.86. The standard InChI is InChI=1S/C28H36N8O2/c29-26-11-6-21(17-31-26)18-32-28(38)33-23-9-7-22(8-10-23)24-16-25(36(34-24)19-20-4-5-20)27(37)30-12-15-35-13-2-1-3-14-35/h6-11,16-17,20H,1-5,12-15,18-19H2,(H2,29,31)(H,30,37)(H2,32,33,38). The molecule has 5 N–H and O–H groups in total. The minimum atomic E-state index is -0.313. The van der Waals surface area contributed by atoms with Gasteiger partial charge in [-0.25, -0.2) is 9.78 Å². The second kappa shape index (κ2) is 12.1. The Balaban J connectivity index is 1.18. The van der Waals surface area contributed by atoms with Crippen LogP contribution in [0.5, 0.6) is 0 Å². The van der Waals surface area contributed by atoms with Gasteiger partial charge >= 0.3 is 6.03 Å². The van der Waals surface area contributed by atoms with Gasteiger partial charge in [0.1, 0.15) is 11.5 Å². The molecule has 10 heteroatoms. The molecule has 1 aromatic carbocycles. The molecule has 0 atom stereocenters. The molecule has 3 amide bonds. The number of nitrogens with one attached hydrogen (secondary N) is 3. The summed E-state index contributed by atoms with van der Waals surface area (Å²) in [5, 5.41) is 13.5. The Hall–Kier alpha value is -3.92. The highest BCUT2D eigenvalue weighted by molar-refractivity contribution is 5.94. The maximum Gasteiger partial charge on any atom is 0.319 e. The summed E-state index contributed by atoms with van der Waals surface area (Å²) in [4.78, 5) is 31.8. The van der Waals surface area contributed by atoms with Crippen molar-refractivity contribution in [2.45, 2.75) is 45.2 Å². The molecule has 38 heavy (non-hydrogen) atoms. The number of carbonyl (C=O) groups excluding carboxylic acids is 2. The summed E-state index contributed by atoms with van der Waals surface area (Å²) in [6.07, 6.45) is 7.79. The fraction of sp³-hybridized carbons (Fsp3) is 0.429. The number of nitrogens with zero attached hydrogens (tertiary/aromatic N) is 4. The van der Waals surface area contributed by atoms with E-state index in [4.69, 9.17) is 10.8 Å². The number of amides is 3. The van der Waals surface area contributed by atoms with Crippen molar-refractivity contribution in [1.82, 2.24) is 30.3 Å². The van der Waals surface area contributed by atoms with Crippen LogP contribution in [-0.2, 0) is 13.1 Å². The topological polar surface area (TPSA) is 130 Å². The van der Waals surface area contributed by atoms with Crippen LogP contribution in [0.15, 0.2) is 48.7 Å². The molecular formula is C28H36N8O2. The van der Waals surface area contributed by atoms with Crippen molar-refractivity contribution in [3.05, 3.63) is 59.9 Å². The zero-order valence-corrected chi connectivity index (χ0v) is 21.7. The van der Waals surface area contributed by atoms with Crippen LogP contribution >= 0.6 is 0 Å². The van der Waals surface area contributed by atoms with Gasteiger partial charge in [0.05, 0.1) is 5.69 Å². The number of piperidine rings is 1. The van der Waals surface area contributed by atoms with Crippen LogP contribution in [0.25, 0.3) is 11.3 Å². The molecule has 1 aliphatic heterocycles. The van der Waals surface area contributed by atoms with E-state index in [0.29, 0.717) is 36.2 Å². The Kier molecular flexibility index (Phi) is 8.18. The Labute approximate surface area is 223 Å². The molecule has 2 fully saturated rings. The molecule has 2 aliphatic rings. The second-order valence-electron chi connectivity index (χ2n) is 10.2. The normalized spacial score (nSPS) is 15.7. The molecule has 1 saturated carbocycles. The molecule has 1 saturated heterocycles. The van der Waals surface area contributed by atoms with Crippen LogP contribution in [0, 0.1) is 5.92 Å². The highest BCUT2D eigenvalue weighted by Gasteiger charge is 2.25. The maximum absolute atomic E-state index is 13.1. The number of nitrogen functional groups attached to an aromatic ring is 1. The third kappa shape index (κ3) is 7.10. The number of hydrogen-bond acceptors (Lipinski definition) is 6. The van der Waals surface area contributed by atoms with Gasteiger partial charge in [-0.3, -0.25) is 9.48 Å². The highest BCUT2D eigenvalue weighted by Crippen LogP contribution is 2.31. The lowest BCUT2D eigenvalue weighted by Gasteiger charge is -2.26. The second-order valence-corrected chi connectivity index (χ2v) is 10.2. The van der Waals surface area contributed by atoms with Crippen molar-refractivity contribution >= 4 is 23.4 Å². The number of rotatable bonds is 10. The first-order valence-electron chi connectivity index (χ1n) is 13.5. The van der Waals surface area contributed by atoms with Crippen LogP contribution < -0.4 is 21.7 Å². The van der Waals surface area contributed by atoms with Crippen LogP contribution in [-0.4, -0.2) is 57.8 Å². The van der Waals surface area contributed by atoms with Crippen molar-refractivity contribution < 1.29 is 9.59 Å². The molecule has 2 aromatic heterocycles. The highest BCUT2D eigenvalue weighted by atomic mass is 16.2. The lowest BCUT2D eigenvalue weighted by atomic mass is 10.1. The summed E-state index contributed by atoms with van der Waals surface area (Å²) >= 11 is 0. The largest absolute Gasteiger partial charge is 0.384 e. The van der Waals surface area contributed by atoms with Crippen LogP contribution in [0.3, 0.4) is 0 Å². The van der Waals surface area contributed by atoms with Crippen LogP contribution in [0.1, 0.15) is 48.2 Å². The Bertz CT molecular complexity index is 1230. The van der Waals surface area contributed by atoms with Gasteiger partial charge in [0.15, 0.2) is 0 Å². The molecule has 3 heterocycles. The summed E-state index contributed by atoms with van der Waals surface area (Å²) in [5.74, 6) is 0.959. The van der Waals surface area contributed by atoms with E-state index in [1.807, 2.05) is 41.1 Å². The van der Waals surface area contributed by atoms with Crippen molar-refractivity contribution in [1.29, 1.82) is 0 Å². The summed E-state index contributed by atoms with van der Waals surface area (Å²) in [5.41, 5.74) is 9.35. The predicted molar refractivity (Wildman–Crippen MR) is 148 cm³/mol. The van der Waals surface area contributed by atoms with Crippen molar-refractivity contribution in [2.24, 2.45) is 5.92 Å². The average Bonchev–Trinajstić information content (AvgIpc) is 3.65. The number of carbonyl (C=O) groups is 2. The molecule has 200 valence electrons. The number of aromatic nitrogens is 3. The molecule has 0 spiro atoms. The molecule has 5 rings (SSSR count). The molecule has 0 bridgehead atoms. The number of pyridine rings is 1. The van der Waals surface area contributed by atoms with Crippen molar-refractivity contribution in [3.63, 3.8) is 0 Å². The number of urea groups is 1. The monoisotopic (exact) mass is 516 g/mol. The van der Waals surface area contributed by atoms with E-state index >= 15 is 0 Å². The number of likely N-dealkylation sites (tertiary alicyclic amines) is 1. The Morgan fingerprint density at radius 1 is 1.00 bits per heavy atom. The van der Waals surface area contributed by atoms with Gasteiger partial charge in [-0.2, -0.15) is 5.10 Å². The lowest BCUT2D eigenvalue weighted by molar-refractivity contribution is 0.0935. The fourth-order valence-corrected chi connectivity index (χ4v) is 4.65. The van der Waals surface area contributed by atoms with Gasteiger partial charge in [-0.1, -0.05) is 24.6 Å². The predicted octanol–water partition coefficient (Wildman–Crippen LogP) is 3.47. The summed E-state index contributed by atoms with van der Waals surface area (Å²) in [6, 6.07) is 12.5. The first-order valence-corrected chi connectivity index (χ1v) is 13.5. The fourth-order valence-electron chi connectivity index (χ4n) is 4.65. The van der Waals surface area contributed by atoms with E-state index in [0.717, 1.165) is 43.0 Å². The minimum Gasteiger partial charge on any atom is -0.384 e. The SMILES string of the molecule is Nc1ccc(CNC(=O)Nc2ccc(-c3cc(C(=O)NCCN4CCCCC4)n(CC4CC4)n3)cc2)cn1. The van der Waals surface area contributed by atoms with Gasteiger partial charge < -0.3 is 26.6 Å². The third-order valence-corrected chi connectivity index (χ3v) is 7.04. The third-order valence-electron chi connectivity index (χ3n) is 7.04. The molecule has 0 unspecified atom stereocenters. The van der Waals surface area contributed by atoms with E-state index in [-0.39, 0.29) is 11.9 Å². The van der Waals surface area contributed by atoms with E-state index in [2.05, 4.69) is 25.8 Å². The number of benzene rings is 1. The van der Waals surface area contributed by atoms with E-state index < -0.39 is 0 Å². The lowest BCUT2D eigenvalue weighted by Crippen LogP contribution is -2.38. The molecule has 3 aromatic rings. The van der Waals surface area contributed by atoms with Crippen LogP contribution in [0.4, 0.5) is 16.3 Å². The molecule has 0 radical (unpaired) electrons. The van der Waals surface area contributed by atoms with Gasteiger partial charge in [0, 0.05) is 43.6 Å². The first-order chi connectivity index (χ1) is 18.5. The number of hydrogen-bond donors (Lipinski definition) is 4. The summed E-state index contributed by atoms with van der Waals surface area (Å²) in [6.45, 7) is 4.86.